The third kappa shape index (κ3) is 1.46. The predicted molar refractivity (Wildman–Crippen MR) is 45.7 cm³/mol. The maximum absolute atomic E-state index is 13.3. The van der Waals surface area contributed by atoms with Gasteiger partial charge in [-0.25, -0.2) is 9.37 Å². The van der Waals surface area contributed by atoms with Crippen molar-refractivity contribution in [3.8, 4) is 0 Å². The molecule has 2 rings (SSSR count). The van der Waals surface area contributed by atoms with Crippen molar-refractivity contribution in [3.05, 3.63) is 17.8 Å². The van der Waals surface area contributed by atoms with Crippen molar-refractivity contribution in [1.82, 2.24) is 4.98 Å². The van der Waals surface area contributed by atoms with E-state index < -0.39 is 5.67 Å². The van der Waals surface area contributed by atoms with E-state index in [1.165, 1.54) is 20.0 Å². The molecule has 13 heavy (non-hydrogen) atoms. The molecule has 0 spiro atoms. The Labute approximate surface area is 76.1 Å². The van der Waals surface area contributed by atoms with Crippen molar-refractivity contribution in [2.24, 2.45) is 5.73 Å². The van der Waals surface area contributed by atoms with Gasteiger partial charge in [0.1, 0.15) is 5.76 Å². The van der Waals surface area contributed by atoms with E-state index in [0.717, 1.165) is 12.8 Å². The highest BCUT2D eigenvalue weighted by Crippen LogP contribution is 2.43. The third-order valence-electron chi connectivity index (χ3n) is 2.29. The van der Waals surface area contributed by atoms with Gasteiger partial charge in [-0.15, -0.1) is 0 Å². The highest BCUT2D eigenvalue weighted by Gasteiger charge is 2.44. The summed E-state index contributed by atoms with van der Waals surface area (Å²) in [5.74, 6) is 0.715. The Morgan fingerprint density at radius 1 is 1.62 bits per heavy atom. The number of alkyl halides is 1. The number of rotatable bonds is 2. The number of oxazole rings is 1. The average molecular weight is 184 g/mol. The van der Waals surface area contributed by atoms with E-state index in [4.69, 9.17) is 10.2 Å². The summed E-state index contributed by atoms with van der Waals surface area (Å²) in [5.41, 5.74) is 3.98. The van der Waals surface area contributed by atoms with Gasteiger partial charge in [-0.05, 0) is 26.7 Å². The summed E-state index contributed by atoms with van der Waals surface area (Å²) >= 11 is 0. The van der Waals surface area contributed by atoms with E-state index in [1.807, 2.05) is 0 Å². The van der Waals surface area contributed by atoms with E-state index in [-0.39, 0.29) is 11.4 Å². The Morgan fingerprint density at radius 2 is 2.23 bits per heavy atom. The van der Waals surface area contributed by atoms with E-state index in [0.29, 0.717) is 5.76 Å². The van der Waals surface area contributed by atoms with Gasteiger partial charge < -0.3 is 10.2 Å². The van der Waals surface area contributed by atoms with Crippen LogP contribution in [0.1, 0.15) is 38.3 Å². The van der Waals surface area contributed by atoms with Crippen LogP contribution in [0.2, 0.25) is 0 Å². The molecule has 3 nitrogen and oxygen atoms in total. The molecule has 0 radical (unpaired) electrons. The fraction of sp³-hybridized carbons (Fsp3) is 0.667. The van der Waals surface area contributed by atoms with Crippen LogP contribution in [0.4, 0.5) is 4.39 Å². The monoisotopic (exact) mass is 184 g/mol. The molecule has 0 aliphatic heterocycles. The first-order chi connectivity index (χ1) is 5.92. The molecular weight excluding hydrogens is 171 g/mol. The first-order valence-electron chi connectivity index (χ1n) is 4.36. The number of nitrogens with zero attached hydrogens (tertiary/aromatic N) is 1. The lowest BCUT2D eigenvalue weighted by Gasteiger charge is -2.08. The summed E-state index contributed by atoms with van der Waals surface area (Å²) in [4.78, 5) is 3.87. The third-order valence-corrected chi connectivity index (χ3v) is 2.29. The van der Waals surface area contributed by atoms with E-state index in [9.17, 15) is 4.39 Å². The minimum Gasteiger partial charge on any atom is -0.440 e. The molecule has 0 bridgehead atoms. The molecule has 2 N–H and O–H groups in total. The lowest BCUT2D eigenvalue weighted by Crippen LogP contribution is -2.17. The Morgan fingerprint density at radius 3 is 2.62 bits per heavy atom. The minimum atomic E-state index is -1.52. The van der Waals surface area contributed by atoms with E-state index in [1.54, 1.807) is 0 Å². The van der Waals surface area contributed by atoms with Gasteiger partial charge in [0.15, 0.2) is 5.67 Å². The van der Waals surface area contributed by atoms with Gasteiger partial charge >= 0.3 is 0 Å². The molecule has 0 saturated heterocycles. The largest absolute Gasteiger partial charge is 0.440 e. The molecule has 1 saturated carbocycles. The van der Waals surface area contributed by atoms with Gasteiger partial charge in [-0.3, -0.25) is 0 Å². The van der Waals surface area contributed by atoms with Gasteiger partial charge in [0.25, 0.3) is 0 Å². The molecular formula is C9H13FN2O. The van der Waals surface area contributed by atoms with E-state index in [2.05, 4.69) is 4.98 Å². The number of hydrogen-bond donors (Lipinski definition) is 1. The van der Waals surface area contributed by atoms with Crippen molar-refractivity contribution in [2.45, 2.75) is 37.9 Å². The molecule has 1 aromatic heterocycles. The van der Waals surface area contributed by atoms with Gasteiger partial charge in [-0.2, -0.15) is 0 Å². The van der Waals surface area contributed by atoms with Gasteiger partial charge in [-0.1, -0.05) is 0 Å². The van der Waals surface area contributed by atoms with Crippen LogP contribution in [0.3, 0.4) is 0 Å². The molecule has 0 aromatic carbocycles. The molecule has 72 valence electrons. The number of aromatic nitrogens is 1. The zero-order valence-electron chi connectivity index (χ0n) is 7.80. The van der Waals surface area contributed by atoms with Gasteiger partial charge in [0.2, 0.25) is 5.89 Å². The van der Waals surface area contributed by atoms with E-state index >= 15 is 0 Å². The van der Waals surface area contributed by atoms with Crippen molar-refractivity contribution in [1.29, 1.82) is 0 Å². The first kappa shape index (κ1) is 8.69. The molecule has 1 heterocycles. The topological polar surface area (TPSA) is 52.0 Å². The smallest absolute Gasteiger partial charge is 0.231 e. The van der Waals surface area contributed by atoms with Crippen LogP contribution in [-0.4, -0.2) is 4.98 Å². The van der Waals surface area contributed by atoms with Crippen LogP contribution in [0.15, 0.2) is 10.6 Å². The second-order valence-corrected chi connectivity index (χ2v) is 4.16. The van der Waals surface area contributed by atoms with Crippen LogP contribution in [0.25, 0.3) is 0 Å². The van der Waals surface area contributed by atoms with Crippen LogP contribution >= 0.6 is 0 Å². The molecule has 1 aliphatic rings. The minimum absolute atomic E-state index is 0.110. The summed E-state index contributed by atoms with van der Waals surface area (Å²) in [5, 5.41) is 0. The summed E-state index contributed by atoms with van der Waals surface area (Å²) in [7, 11) is 0. The predicted octanol–water partition coefficient (Wildman–Crippen LogP) is 1.83. The standard InChI is InChI=1S/C9H13FN2O/c1-8(2,10)7-12-5-6(13-7)9(11)3-4-9/h5H,3-4,11H2,1-2H3. The van der Waals surface area contributed by atoms with Crippen LogP contribution < -0.4 is 5.73 Å². The zero-order valence-corrected chi connectivity index (χ0v) is 7.80. The first-order valence-corrected chi connectivity index (χ1v) is 4.36. The fourth-order valence-corrected chi connectivity index (χ4v) is 1.16. The van der Waals surface area contributed by atoms with Crippen LogP contribution in [-0.2, 0) is 11.2 Å². The summed E-state index contributed by atoms with van der Waals surface area (Å²) in [6.45, 7) is 2.83. The molecule has 0 unspecified atom stereocenters. The Hall–Kier alpha value is -0.900. The van der Waals surface area contributed by atoms with Crippen molar-refractivity contribution >= 4 is 0 Å². The molecule has 0 amide bonds. The van der Waals surface area contributed by atoms with Crippen LogP contribution in [0.5, 0.6) is 0 Å². The highest BCUT2D eigenvalue weighted by molar-refractivity contribution is 5.17. The normalized spacial score (nSPS) is 20.3. The van der Waals surface area contributed by atoms with Gasteiger partial charge in [0, 0.05) is 0 Å². The molecule has 4 heteroatoms. The van der Waals surface area contributed by atoms with Crippen molar-refractivity contribution < 1.29 is 8.81 Å². The fourth-order valence-electron chi connectivity index (χ4n) is 1.16. The van der Waals surface area contributed by atoms with Crippen molar-refractivity contribution in [3.63, 3.8) is 0 Å². The highest BCUT2D eigenvalue weighted by atomic mass is 19.1. The quantitative estimate of drug-likeness (QED) is 0.762. The number of halogens is 1. The average Bonchev–Trinajstić information content (AvgIpc) is 2.60. The summed E-state index contributed by atoms with van der Waals surface area (Å²) in [6.07, 6.45) is 3.33. The summed E-state index contributed by atoms with van der Waals surface area (Å²) in [6, 6.07) is 0. The Balaban J connectivity index is 2.29. The zero-order chi connectivity index (χ0) is 9.69. The second-order valence-electron chi connectivity index (χ2n) is 4.16. The SMILES string of the molecule is CC(C)(F)c1ncc(C2(N)CC2)o1. The van der Waals surface area contributed by atoms with Crippen molar-refractivity contribution in [2.75, 3.05) is 0 Å². The number of nitrogens with two attached hydrogens (primary N) is 1. The van der Waals surface area contributed by atoms with Crippen LogP contribution in [0, 0.1) is 0 Å². The Bertz CT molecular complexity index is 303. The lowest BCUT2D eigenvalue weighted by molar-refractivity contribution is 0.165. The summed E-state index contributed by atoms with van der Waals surface area (Å²) < 4.78 is 18.6. The lowest BCUT2D eigenvalue weighted by atomic mass is 10.2. The molecule has 1 aromatic rings. The Kier molecular flexibility index (Phi) is 1.55. The molecule has 1 fully saturated rings. The maximum atomic E-state index is 13.3. The second kappa shape index (κ2) is 2.32. The van der Waals surface area contributed by atoms with Gasteiger partial charge in [0.05, 0.1) is 11.7 Å². The number of hydrogen-bond acceptors (Lipinski definition) is 3. The molecule has 0 atom stereocenters. The molecule has 1 aliphatic carbocycles. The maximum Gasteiger partial charge on any atom is 0.231 e.